The Bertz CT molecular complexity index is 1160. The van der Waals surface area contributed by atoms with E-state index in [9.17, 15) is 13.2 Å². The van der Waals surface area contributed by atoms with Crippen molar-refractivity contribution in [1.82, 2.24) is 9.88 Å². The number of nitrogens with zero attached hydrogens (tertiary/aromatic N) is 3. The first-order valence-electron chi connectivity index (χ1n) is 10.7. The van der Waals surface area contributed by atoms with E-state index in [1.54, 1.807) is 16.2 Å². The van der Waals surface area contributed by atoms with Gasteiger partial charge in [0.15, 0.2) is 9.84 Å². The molecule has 8 heteroatoms. The summed E-state index contributed by atoms with van der Waals surface area (Å²) in [7, 11) is -3.09. The number of carbonyl (C=O) groups excluding carboxylic acids is 1. The van der Waals surface area contributed by atoms with Crippen LogP contribution < -0.4 is 4.90 Å². The second-order valence-corrected chi connectivity index (χ2v) is 11.6. The quantitative estimate of drug-likeness (QED) is 0.587. The second kappa shape index (κ2) is 8.33. The first-order valence-corrected chi connectivity index (χ1v) is 13.3. The number of rotatable bonds is 5. The molecule has 2 aliphatic heterocycles. The highest BCUT2D eigenvalue weighted by molar-refractivity contribution is 7.91. The van der Waals surface area contributed by atoms with Crippen LogP contribution in [0.25, 0.3) is 10.2 Å². The van der Waals surface area contributed by atoms with Crippen molar-refractivity contribution in [3.63, 3.8) is 0 Å². The Kier molecular flexibility index (Phi) is 5.54. The van der Waals surface area contributed by atoms with Gasteiger partial charge in [-0.3, -0.25) is 9.69 Å². The summed E-state index contributed by atoms with van der Waals surface area (Å²) in [4.78, 5) is 22.3. The van der Waals surface area contributed by atoms with E-state index in [-0.39, 0.29) is 36.0 Å². The minimum atomic E-state index is -3.09. The van der Waals surface area contributed by atoms with E-state index in [1.807, 2.05) is 48.5 Å². The summed E-state index contributed by atoms with van der Waals surface area (Å²) >= 11 is 1.70. The molecule has 2 aliphatic rings. The molecule has 0 aliphatic carbocycles. The molecule has 5 rings (SSSR count). The third-order valence-corrected chi connectivity index (χ3v) is 9.06. The number of likely N-dealkylation sites (tertiary alicyclic amines) is 1. The van der Waals surface area contributed by atoms with E-state index in [0.29, 0.717) is 6.42 Å². The zero-order valence-electron chi connectivity index (χ0n) is 17.2. The number of amides is 1. The van der Waals surface area contributed by atoms with Crippen molar-refractivity contribution in [2.24, 2.45) is 0 Å². The Hall–Kier alpha value is -2.29. The van der Waals surface area contributed by atoms with Gasteiger partial charge in [0.25, 0.3) is 0 Å². The van der Waals surface area contributed by atoms with Gasteiger partial charge in [-0.15, -0.1) is 11.3 Å². The Morgan fingerprint density at radius 1 is 1.10 bits per heavy atom. The fraction of sp³-hybridized carbons (Fsp3) is 0.391. The molecule has 0 saturated carbocycles. The highest BCUT2D eigenvalue weighted by Crippen LogP contribution is 2.36. The van der Waals surface area contributed by atoms with Crippen LogP contribution in [0, 0.1) is 0 Å². The predicted octanol–water partition coefficient (Wildman–Crippen LogP) is 3.65. The molecule has 31 heavy (non-hydrogen) atoms. The van der Waals surface area contributed by atoms with E-state index >= 15 is 0 Å². The van der Waals surface area contributed by atoms with Gasteiger partial charge in [-0.25, -0.2) is 13.4 Å². The van der Waals surface area contributed by atoms with E-state index in [2.05, 4.69) is 11.0 Å². The molecule has 6 nitrogen and oxygen atoms in total. The van der Waals surface area contributed by atoms with E-state index < -0.39 is 9.84 Å². The standard InChI is InChI=1S/C23H25N3O3S2/c27-22(26(17-7-2-1-3-8-17)18-12-14-31(28,29)16-18)15-25-13-6-10-20(25)23-24-19-9-4-5-11-21(19)30-23/h1-5,7-9,11,18,20H,6,10,12-16H2. The number of sulfone groups is 1. The molecule has 3 aromatic rings. The van der Waals surface area contributed by atoms with Crippen LogP contribution in [0.2, 0.25) is 0 Å². The highest BCUT2D eigenvalue weighted by Gasteiger charge is 2.37. The molecule has 1 amide bonds. The lowest BCUT2D eigenvalue weighted by Gasteiger charge is -2.31. The molecular weight excluding hydrogens is 430 g/mol. The zero-order valence-corrected chi connectivity index (χ0v) is 18.8. The lowest BCUT2D eigenvalue weighted by Crippen LogP contribution is -2.46. The highest BCUT2D eigenvalue weighted by atomic mass is 32.2. The van der Waals surface area contributed by atoms with Crippen molar-refractivity contribution in [2.45, 2.75) is 31.3 Å². The molecule has 2 fully saturated rings. The van der Waals surface area contributed by atoms with Crippen LogP contribution in [0.4, 0.5) is 5.69 Å². The van der Waals surface area contributed by atoms with Crippen molar-refractivity contribution >= 4 is 43.0 Å². The van der Waals surface area contributed by atoms with Crippen LogP contribution in [0.1, 0.15) is 30.3 Å². The summed E-state index contributed by atoms with van der Waals surface area (Å²) in [5.41, 5.74) is 1.77. The summed E-state index contributed by atoms with van der Waals surface area (Å²) in [6.07, 6.45) is 2.50. The molecule has 0 spiro atoms. The van der Waals surface area contributed by atoms with Crippen molar-refractivity contribution in [3.8, 4) is 0 Å². The first-order chi connectivity index (χ1) is 15.0. The molecule has 0 radical (unpaired) electrons. The zero-order chi connectivity index (χ0) is 21.4. The van der Waals surface area contributed by atoms with Gasteiger partial charge < -0.3 is 4.90 Å². The molecule has 2 aromatic carbocycles. The Balaban J connectivity index is 1.39. The second-order valence-electron chi connectivity index (χ2n) is 8.30. The maximum Gasteiger partial charge on any atom is 0.241 e. The maximum absolute atomic E-state index is 13.5. The van der Waals surface area contributed by atoms with Crippen molar-refractivity contribution in [3.05, 3.63) is 59.6 Å². The van der Waals surface area contributed by atoms with Gasteiger partial charge in [-0.05, 0) is 50.1 Å². The Labute approximate surface area is 186 Å². The number of hydrogen-bond donors (Lipinski definition) is 0. The molecule has 2 atom stereocenters. The van der Waals surface area contributed by atoms with Crippen LogP contribution in [0.5, 0.6) is 0 Å². The Morgan fingerprint density at radius 2 is 1.87 bits per heavy atom. The van der Waals surface area contributed by atoms with Gasteiger partial charge in [-0.2, -0.15) is 0 Å². The van der Waals surface area contributed by atoms with Gasteiger partial charge in [0.1, 0.15) is 5.01 Å². The minimum Gasteiger partial charge on any atom is -0.307 e. The molecule has 162 valence electrons. The number of para-hydroxylation sites is 2. The normalized spacial score (nSPS) is 23.4. The Morgan fingerprint density at radius 3 is 2.61 bits per heavy atom. The average Bonchev–Trinajstić information content (AvgIpc) is 3.47. The number of thiazole rings is 1. The lowest BCUT2D eigenvalue weighted by atomic mass is 10.1. The lowest BCUT2D eigenvalue weighted by molar-refractivity contribution is -0.120. The summed E-state index contributed by atoms with van der Waals surface area (Å²) < 4.78 is 25.4. The summed E-state index contributed by atoms with van der Waals surface area (Å²) in [5, 5.41) is 1.06. The van der Waals surface area contributed by atoms with E-state index in [1.165, 1.54) is 0 Å². The van der Waals surface area contributed by atoms with Crippen LogP contribution in [-0.4, -0.2) is 54.8 Å². The van der Waals surface area contributed by atoms with Gasteiger partial charge in [-0.1, -0.05) is 30.3 Å². The summed E-state index contributed by atoms with van der Waals surface area (Å²) in [6, 6.07) is 17.4. The molecule has 3 heterocycles. The molecule has 0 N–H and O–H groups in total. The van der Waals surface area contributed by atoms with Crippen LogP contribution in [-0.2, 0) is 14.6 Å². The van der Waals surface area contributed by atoms with E-state index in [4.69, 9.17) is 4.98 Å². The topological polar surface area (TPSA) is 70.6 Å². The van der Waals surface area contributed by atoms with Crippen LogP contribution in [0.3, 0.4) is 0 Å². The van der Waals surface area contributed by atoms with Crippen molar-refractivity contribution in [1.29, 1.82) is 0 Å². The van der Waals surface area contributed by atoms with Crippen molar-refractivity contribution < 1.29 is 13.2 Å². The number of hydrogen-bond acceptors (Lipinski definition) is 6. The van der Waals surface area contributed by atoms with Crippen molar-refractivity contribution in [2.75, 3.05) is 29.5 Å². The molecular formula is C23H25N3O3S2. The summed E-state index contributed by atoms with van der Waals surface area (Å²) in [6.45, 7) is 1.12. The largest absolute Gasteiger partial charge is 0.307 e. The smallest absolute Gasteiger partial charge is 0.241 e. The van der Waals surface area contributed by atoms with Gasteiger partial charge in [0, 0.05) is 5.69 Å². The number of anilines is 1. The monoisotopic (exact) mass is 455 g/mol. The number of benzene rings is 2. The average molecular weight is 456 g/mol. The molecule has 2 unspecified atom stereocenters. The van der Waals surface area contributed by atoms with Crippen LogP contribution >= 0.6 is 11.3 Å². The SMILES string of the molecule is O=C(CN1CCCC1c1nc2ccccc2s1)N(c1ccccc1)C1CCS(=O)(=O)C1. The minimum absolute atomic E-state index is 0.0366. The maximum atomic E-state index is 13.5. The number of fused-ring (bicyclic) bond motifs is 1. The number of carbonyl (C=O) groups is 1. The van der Waals surface area contributed by atoms with Gasteiger partial charge >= 0.3 is 0 Å². The van der Waals surface area contributed by atoms with E-state index in [0.717, 1.165) is 40.3 Å². The van der Waals surface area contributed by atoms with Gasteiger partial charge in [0.05, 0.1) is 40.4 Å². The molecule has 2 saturated heterocycles. The fourth-order valence-electron chi connectivity index (χ4n) is 4.70. The first kappa shape index (κ1) is 20.6. The summed E-state index contributed by atoms with van der Waals surface area (Å²) in [5.74, 6) is 0.141. The van der Waals surface area contributed by atoms with Gasteiger partial charge in [0.2, 0.25) is 5.91 Å². The number of aromatic nitrogens is 1. The van der Waals surface area contributed by atoms with Crippen LogP contribution in [0.15, 0.2) is 54.6 Å². The predicted molar refractivity (Wildman–Crippen MR) is 124 cm³/mol. The third-order valence-electron chi connectivity index (χ3n) is 6.17. The fourth-order valence-corrected chi connectivity index (χ4v) is 7.54. The molecule has 1 aromatic heterocycles. The molecule has 0 bridgehead atoms. The third kappa shape index (κ3) is 4.24.